The number of hydrogen-bond donors (Lipinski definition) is 0. The van der Waals surface area contributed by atoms with Crippen molar-refractivity contribution in [3.63, 3.8) is 0 Å². The third-order valence-corrected chi connectivity index (χ3v) is 7.42. The summed E-state index contributed by atoms with van der Waals surface area (Å²) in [5, 5.41) is 0. The standard InChI is InChI=1S/C33H35N/c1-22-17-18-25(24-13-9-8-10-14-24)21-30(22)34(32(3,4)5)29-20-19-27-26-15-11-12-16-28(26)33(6,7)31(27)23(29)2/h8-21H,1-7H3. The highest BCUT2D eigenvalue weighted by Gasteiger charge is 2.38. The normalized spacial score (nSPS) is 14.0. The van der Waals surface area contributed by atoms with Gasteiger partial charge in [-0.1, -0.05) is 86.6 Å². The highest BCUT2D eigenvalue weighted by molar-refractivity contribution is 5.86. The smallest absolute Gasteiger partial charge is 0.0451 e. The van der Waals surface area contributed by atoms with Gasteiger partial charge in [-0.2, -0.15) is 0 Å². The highest BCUT2D eigenvalue weighted by atomic mass is 15.2. The first-order valence-corrected chi connectivity index (χ1v) is 12.3. The van der Waals surface area contributed by atoms with Crippen LogP contribution in [-0.4, -0.2) is 5.54 Å². The van der Waals surface area contributed by atoms with E-state index in [1.165, 1.54) is 55.9 Å². The molecule has 0 spiro atoms. The van der Waals surface area contributed by atoms with Gasteiger partial charge in [-0.3, -0.25) is 0 Å². The first kappa shape index (κ1) is 22.5. The molecule has 0 aliphatic heterocycles. The molecule has 1 nitrogen and oxygen atoms in total. The van der Waals surface area contributed by atoms with Gasteiger partial charge in [0, 0.05) is 22.3 Å². The first-order chi connectivity index (χ1) is 16.1. The molecule has 34 heavy (non-hydrogen) atoms. The molecular formula is C33H35N. The SMILES string of the molecule is Cc1ccc(-c2ccccc2)cc1N(c1ccc2c(c1C)C(C)(C)c1ccccc1-2)C(C)(C)C. The number of benzene rings is 4. The predicted molar refractivity (Wildman–Crippen MR) is 147 cm³/mol. The molecule has 0 amide bonds. The molecular weight excluding hydrogens is 410 g/mol. The minimum Gasteiger partial charge on any atom is -0.336 e. The van der Waals surface area contributed by atoms with Gasteiger partial charge in [0.25, 0.3) is 0 Å². The van der Waals surface area contributed by atoms with E-state index in [4.69, 9.17) is 0 Å². The van der Waals surface area contributed by atoms with Gasteiger partial charge in [0.1, 0.15) is 0 Å². The Hall–Kier alpha value is -3.32. The largest absolute Gasteiger partial charge is 0.336 e. The van der Waals surface area contributed by atoms with E-state index in [0.717, 1.165) is 0 Å². The summed E-state index contributed by atoms with van der Waals surface area (Å²) in [7, 11) is 0. The second kappa shape index (κ2) is 7.87. The zero-order valence-electron chi connectivity index (χ0n) is 21.5. The fourth-order valence-corrected chi connectivity index (χ4v) is 5.88. The van der Waals surface area contributed by atoms with Gasteiger partial charge in [-0.25, -0.2) is 0 Å². The number of fused-ring (bicyclic) bond motifs is 3. The lowest BCUT2D eigenvalue weighted by Crippen LogP contribution is -2.38. The molecule has 0 unspecified atom stereocenters. The third-order valence-electron chi connectivity index (χ3n) is 7.42. The van der Waals surface area contributed by atoms with Crippen LogP contribution in [0.5, 0.6) is 0 Å². The zero-order valence-corrected chi connectivity index (χ0v) is 21.5. The van der Waals surface area contributed by atoms with E-state index in [1.54, 1.807) is 0 Å². The summed E-state index contributed by atoms with van der Waals surface area (Å²) in [6.07, 6.45) is 0. The van der Waals surface area contributed by atoms with Gasteiger partial charge >= 0.3 is 0 Å². The van der Waals surface area contributed by atoms with Crippen LogP contribution in [0.2, 0.25) is 0 Å². The molecule has 0 bridgehead atoms. The van der Waals surface area contributed by atoms with Gasteiger partial charge < -0.3 is 4.90 Å². The van der Waals surface area contributed by atoms with E-state index < -0.39 is 0 Å². The van der Waals surface area contributed by atoms with Crippen LogP contribution in [0.15, 0.2) is 84.9 Å². The Kier molecular flexibility index (Phi) is 5.20. The first-order valence-electron chi connectivity index (χ1n) is 12.3. The molecule has 0 atom stereocenters. The number of anilines is 2. The quantitative estimate of drug-likeness (QED) is 0.304. The molecule has 1 aliphatic carbocycles. The summed E-state index contributed by atoms with van der Waals surface area (Å²) in [5.74, 6) is 0. The fourth-order valence-electron chi connectivity index (χ4n) is 5.88. The summed E-state index contributed by atoms with van der Waals surface area (Å²) >= 11 is 0. The Balaban J connectivity index is 1.72. The number of aryl methyl sites for hydroxylation is 1. The summed E-state index contributed by atoms with van der Waals surface area (Å²) in [4.78, 5) is 2.55. The van der Waals surface area contributed by atoms with E-state index in [9.17, 15) is 0 Å². The van der Waals surface area contributed by atoms with Crippen LogP contribution in [0, 0.1) is 13.8 Å². The van der Waals surface area contributed by atoms with E-state index in [1.807, 2.05) is 0 Å². The van der Waals surface area contributed by atoms with Crippen LogP contribution in [0.1, 0.15) is 56.9 Å². The van der Waals surface area contributed by atoms with Crippen molar-refractivity contribution in [1.29, 1.82) is 0 Å². The lowest BCUT2D eigenvalue weighted by molar-refractivity contribution is 0.557. The average Bonchev–Trinajstić information content (AvgIpc) is 3.04. The maximum absolute atomic E-state index is 2.55. The number of rotatable bonds is 3. The van der Waals surface area contributed by atoms with Crippen molar-refractivity contribution in [2.45, 2.75) is 59.4 Å². The molecule has 4 aromatic carbocycles. The van der Waals surface area contributed by atoms with Crippen molar-refractivity contribution in [1.82, 2.24) is 0 Å². The lowest BCUT2D eigenvalue weighted by atomic mass is 9.79. The molecule has 0 heterocycles. The maximum atomic E-state index is 2.55. The van der Waals surface area contributed by atoms with Gasteiger partial charge in [-0.15, -0.1) is 0 Å². The Morgan fingerprint density at radius 2 is 1.32 bits per heavy atom. The molecule has 0 radical (unpaired) electrons. The van der Waals surface area contributed by atoms with Crippen molar-refractivity contribution in [2.24, 2.45) is 0 Å². The molecule has 0 saturated heterocycles. The van der Waals surface area contributed by atoms with E-state index in [0.29, 0.717) is 0 Å². The van der Waals surface area contributed by atoms with Crippen molar-refractivity contribution in [3.05, 3.63) is 107 Å². The van der Waals surface area contributed by atoms with Crippen molar-refractivity contribution in [3.8, 4) is 22.3 Å². The molecule has 4 aromatic rings. The van der Waals surface area contributed by atoms with Crippen LogP contribution in [0.3, 0.4) is 0 Å². The Morgan fingerprint density at radius 1 is 0.647 bits per heavy atom. The minimum atomic E-state index is -0.0886. The Bertz CT molecular complexity index is 1370. The summed E-state index contributed by atoms with van der Waals surface area (Å²) in [6, 6.07) is 31.1. The Labute approximate surface area is 205 Å². The summed E-state index contributed by atoms with van der Waals surface area (Å²) in [5.41, 5.74) is 13.3. The van der Waals surface area contributed by atoms with Crippen LogP contribution < -0.4 is 4.90 Å². The average molecular weight is 446 g/mol. The molecule has 0 saturated carbocycles. The maximum Gasteiger partial charge on any atom is 0.0451 e. The van der Waals surface area contributed by atoms with Crippen molar-refractivity contribution >= 4 is 11.4 Å². The van der Waals surface area contributed by atoms with Crippen LogP contribution in [0.25, 0.3) is 22.3 Å². The molecule has 0 N–H and O–H groups in total. The third kappa shape index (κ3) is 3.46. The van der Waals surface area contributed by atoms with Gasteiger partial charge in [0.2, 0.25) is 0 Å². The van der Waals surface area contributed by atoms with Crippen LogP contribution in [-0.2, 0) is 5.41 Å². The second-order valence-electron chi connectivity index (χ2n) is 11.2. The minimum absolute atomic E-state index is 0.0174. The highest BCUT2D eigenvalue weighted by Crippen LogP contribution is 2.52. The predicted octanol–water partition coefficient (Wildman–Crippen LogP) is 9.21. The molecule has 5 rings (SSSR count). The topological polar surface area (TPSA) is 3.24 Å². The molecule has 0 aromatic heterocycles. The van der Waals surface area contributed by atoms with Gasteiger partial charge in [0.15, 0.2) is 0 Å². The molecule has 0 fully saturated rings. The van der Waals surface area contributed by atoms with Crippen molar-refractivity contribution < 1.29 is 0 Å². The van der Waals surface area contributed by atoms with E-state index in [2.05, 4.69) is 138 Å². The molecule has 172 valence electrons. The number of nitrogens with zero attached hydrogens (tertiary/aromatic N) is 1. The van der Waals surface area contributed by atoms with Gasteiger partial charge in [-0.05, 0) is 91.3 Å². The summed E-state index contributed by atoms with van der Waals surface area (Å²) in [6.45, 7) is 16.2. The summed E-state index contributed by atoms with van der Waals surface area (Å²) < 4.78 is 0. The fraction of sp³-hybridized carbons (Fsp3) is 0.273. The second-order valence-corrected chi connectivity index (χ2v) is 11.2. The Morgan fingerprint density at radius 3 is 2.03 bits per heavy atom. The van der Waals surface area contributed by atoms with Gasteiger partial charge in [0.05, 0.1) is 0 Å². The number of hydrogen-bond acceptors (Lipinski definition) is 1. The monoisotopic (exact) mass is 445 g/mol. The lowest BCUT2D eigenvalue weighted by Gasteiger charge is -2.41. The molecule has 1 heteroatoms. The van der Waals surface area contributed by atoms with Crippen LogP contribution >= 0.6 is 0 Å². The molecule has 1 aliphatic rings. The zero-order chi connectivity index (χ0) is 24.3. The van der Waals surface area contributed by atoms with Crippen LogP contribution in [0.4, 0.5) is 11.4 Å². The van der Waals surface area contributed by atoms with Crippen molar-refractivity contribution in [2.75, 3.05) is 4.90 Å². The van der Waals surface area contributed by atoms with E-state index >= 15 is 0 Å². The van der Waals surface area contributed by atoms with E-state index in [-0.39, 0.29) is 11.0 Å².